The third-order valence-corrected chi connectivity index (χ3v) is 5.17. The SMILES string of the molecule is Cc1nccn1-c1cc(NCCNS(=O)(=O)Cc2cc(F)ccc2F)ncn1. The molecule has 0 radical (unpaired) electrons. The maximum Gasteiger partial charge on any atom is 0.215 e. The Kier molecular flexibility index (Phi) is 5.95. The molecule has 0 spiro atoms. The summed E-state index contributed by atoms with van der Waals surface area (Å²) in [6, 6.07) is 4.40. The summed E-state index contributed by atoms with van der Waals surface area (Å²) >= 11 is 0. The fourth-order valence-corrected chi connectivity index (χ4v) is 3.65. The monoisotopic (exact) mass is 408 g/mol. The van der Waals surface area contributed by atoms with Crippen LogP contribution in [0.5, 0.6) is 0 Å². The van der Waals surface area contributed by atoms with E-state index in [1.807, 2.05) is 6.92 Å². The Bertz CT molecular complexity index is 1070. The van der Waals surface area contributed by atoms with Crippen molar-refractivity contribution in [1.29, 1.82) is 0 Å². The smallest absolute Gasteiger partial charge is 0.215 e. The Morgan fingerprint density at radius 3 is 2.68 bits per heavy atom. The number of aryl methyl sites for hydroxylation is 1. The van der Waals surface area contributed by atoms with Crippen LogP contribution >= 0.6 is 0 Å². The lowest BCUT2D eigenvalue weighted by Crippen LogP contribution is -2.30. The van der Waals surface area contributed by atoms with Gasteiger partial charge in [-0.25, -0.2) is 36.9 Å². The molecule has 0 fully saturated rings. The van der Waals surface area contributed by atoms with Crippen LogP contribution in [-0.4, -0.2) is 41.0 Å². The fourth-order valence-electron chi connectivity index (χ4n) is 2.50. The van der Waals surface area contributed by atoms with Crippen LogP contribution in [0.3, 0.4) is 0 Å². The molecular formula is C17H18F2N6O2S. The number of nitrogens with zero attached hydrogens (tertiary/aromatic N) is 4. The van der Waals surface area contributed by atoms with Gasteiger partial charge in [0.25, 0.3) is 0 Å². The second kappa shape index (κ2) is 8.40. The number of imidazole rings is 1. The lowest BCUT2D eigenvalue weighted by molar-refractivity contribution is 0.571. The molecule has 148 valence electrons. The topological polar surface area (TPSA) is 102 Å². The summed E-state index contributed by atoms with van der Waals surface area (Å²) in [5, 5.41) is 2.98. The summed E-state index contributed by atoms with van der Waals surface area (Å²) in [5.41, 5.74) is -0.225. The molecule has 0 saturated heterocycles. The van der Waals surface area contributed by atoms with Crippen molar-refractivity contribution in [1.82, 2.24) is 24.2 Å². The summed E-state index contributed by atoms with van der Waals surface area (Å²) in [4.78, 5) is 12.4. The largest absolute Gasteiger partial charge is 0.369 e. The molecule has 1 aromatic carbocycles. The molecule has 0 atom stereocenters. The van der Waals surface area contributed by atoms with E-state index in [9.17, 15) is 17.2 Å². The quantitative estimate of drug-likeness (QED) is 0.551. The van der Waals surface area contributed by atoms with Gasteiger partial charge in [0.2, 0.25) is 10.0 Å². The molecule has 0 saturated carbocycles. The van der Waals surface area contributed by atoms with Crippen molar-refractivity contribution in [3.63, 3.8) is 0 Å². The Balaban J connectivity index is 1.54. The second-order valence-electron chi connectivity index (χ2n) is 5.92. The van der Waals surface area contributed by atoms with E-state index in [-0.39, 0.29) is 18.7 Å². The molecule has 11 heteroatoms. The zero-order valence-corrected chi connectivity index (χ0v) is 15.7. The van der Waals surface area contributed by atoms with Gasteiger partial charge in [0, 0.05) is 37.1 Å². The average molecular weight is 408 g/mol. The minimum Gasteiger partial charge on any atom is -0.369 e. The zero-order valence-electron chi connectivity index (χ0n) is 14.9. The maximum absolute atomic E-state index is 13.6. The molecule has 3 aromatic rings. The first-order valence-electron chi connectivity index (χ1n) is 8.31. The second-order valence-corrected chi connectivity index (χ2v) is 7.73. The predicted octanol–water partition coefficient (Wildman–Crippen LogP) is 1.78. The summed E-state index contributed by atoms with van der Waals surface area (Å²) in [5.74, 6) is -0.215. The molecule has 0 aliphatic rings. The van der Waals surface area contributed by atoms with Crippen molar-refractivity contribution < 1.29 is 17.2 Å². The van der Waals surface area contributed by atoms with Gasteiger partial charge in [-0.2, -0.15) is 0 Å². The minimum absolute atomic E-state index is 0.0444. The normalized spacial score (nSPS) is 11.5. The van der Waals surface area contributed by atoms with E-state index in [0.29, 0.717) is 11.6 Å². The van der Waals surface area contributed by atoms with Crippen molar-refractivity contribution in [2.45, 2.75) is 12.7 Å². The average Bonchev–Trinajstić information content (AvgIpc) is 3.08. The highest BCUT2D eigenvalue weighted by Crippen LogP contribution is 2.13. The Labute approximate surface area is 160 Å². The number of sulfonamides is 1. The molecule has 0 amide bonds. The molecule has 3 rings (SSSR count). The Morgan fingerprint density at radius 2 is 1.93 bits per heavy atom. The van der Waals surface area contributed by atoms with Gasteiger partial charge in [-0.1, -0.05) is 0 Å². The van der Waals surface area contributed by atoms with Crippen LogP contribution in [0.25, 0.3) is 5.82 Å². The van der Waals surface area contributed by atoms with Crippen LogP contribution in [0.2, 0.25) is 0 Å². The van der Waals surface area contributed by atoms with E-state index in [0.717, 1.165) is 24.0 Å². The van der Waals surface area contributed by atoms with Gasteiger partial charge in [-0.3, -0.25) is 4.57 Å². The minimum atomic E-state index is -3.82. The number of hydrogen-bond acceptors (Lipinski definition) is 6. The van der Waals surface area contributed by atoms with E-state index in [2.05, 4.69) is 25.0 Å². The van der Waals surface area contributed by atoms with Gasteiger partial charge in [0.15, 0.2) is 0 Å². The van der Waals surface area contributed by atoms with E-state index >= 15 is 0 Å². The lowest BCUT2D eigenvalue weighted by atomic mass is 10.2. The highest BCUT2D eigenvalue weighted by molar-refractivity contribution is 7.88. The first kappa shape index (κ1) is 19.8. The summed E-state index contributed by atoms with van der Waals surface area (Å²) in [7, 11) is -3.82. The molecule has 28 heavy (non-hydrogen) atoms. The summed E-state index contributed by atoms with van der Waals surface area (Å²) in [6.07, 6.45) is 4.80. The van der Waals surface area contributed by atoms with E-state index in [1.54, 1.807) is 23.0 Å². The van der Waals surface area contributed by atoms with E-state index in [4.69, 9.17) is 0 Å². The van der Waals surface area contributed by atoms with Crippen LogP contribution in [0, 0.1) is 18.6 Å². The van der Waals surface area contributed by atoms with Gasteiger partial charge in [0.1, 0.15) is 35.4 Å². The van der Waals surface area contributed by atoms with Crippen molar-refractivity contribution in [2.75, 3.05) is 18.4 Å². The third-order valence-electron chi connectivity index (χ3n) is 3.83. The van der Waals surface area contributed by atoms with Crippen molar-refractivity contribution >= 4 is 15.8 Å². The van der Waals surface area contributed by atoms with E-state index in [1.165, 1.54) is 6.33 Å². The van der Waals surface area contributed by atoms with Crippen molar-refractivity contribution in [2.24, 2.45) is 0 Å². The van der Waals surface area contributed by atoms with Crippen LogP contribution in [-0.2, 0) is 15.8 Å². The fraction of sp³-hybridized carbons (Fsp3) is 0.235. The Hall–Kier alpha value is -2.92. The number of rotatable bonds is 8. The predicted molar refractivity (Wildman–Crippen MR) is 99.4 cm³/mol. The molecule has 0 aliphatic heterocycles. The van der Waals surface area contributed by atoms with Crippen molar-refractivity contribution in [3.05, 3.63) is 66.0 Å². The van der Waals surface area contributed by atoms with Crippen LogP contribution in [0.4, 0.5) is 14.6 Å². The summed E-state index contributed by atoms with van der Waals surface area (Å²) < 4.78 is 55.0. The zero-order chi connectivity index (χ0) is 20.1. The van der Waals surface area contributed by atoms with Gasteiger partial charge in [-0.15, -0.1) is 0 Å². The molecular weight excluding hydrogens is 390 g/mol. The number of halogens is 2. The van der Waals surface area contributed by atoms with Gasteiger partial charge >= 0.3 is 0 Å². The first-order chi connectivity index (χ1) is 13.3. The number of hydrogen-bond donors (Lipinski definition) is 2. The molecule has 0 aliphatic carbocycles. The summed E-state index contributed by atoms with van der Waals surface area (Å²) in [6.45, 7) is 2.12. The molecule has 0 bridgehead atoms. The molecule has 2 aromatic heterocycles. The highest BCUT2D eigenvalue weighted by Gasteiger charge is 2.15. The standard InChI is InChI=1S/C17H18F2N6O2S/c1-12-20-6-7-25(12)17-9-16(22-11-23-17)21-4-5-24-28(26,27)10-13-8-14(18)2-3-15(13)19/h2-3,6-9,11,24H,4-5,10H2,1H3,(H,21,22,23). The highest BCUT2D eigenvalue weighted by atomic mass is 32.2. The lowest BCUT2D eigenvalue weighted by Gasteiger charge is -2.10. The molecule has 2 N–H and O–H groups in total. The molecule has 0 unspecified atom stereocenters. The Morgan fingerprint density at radius 1 is 1.11 bits per heavy atom. The number of benzene rings is 1. The molecule has 2 heterocycles. The van der Waals surface area contributed by atoms with Gasteiger partial charge in [-0.05, 0) is 25.1 Å². The number of anilines is 1. The number of aromatic nitrogens is 4. The van der Waals surface area contributed by atoms with Crippen LogP contribution in [0.1, 0.15) is 11.4 Å². The third kappa shape index (κ3) is 5.08. The van der Waals surface area contributed by atoms with Crippen LogP contribution in [0.15, 0.2) is 43.0 Å². The first-order valence-corrected chi connectivity index (χ1v) is 9.97. The maximum atomic E-state index is 13.6. The van der Waals surface area contributed by atoms with E-state index < -0.39 is 27.4 Å². The van der Waals surface area contributed by atoms with Crippen LogP contribution < -0.4 is 10.0 Å². The van der Waals surface area contributed by atoms with Crippen molar-refractivity contribution in [3.8, 4) is 5.82 Å². The number of nitrogens with one attached hydrogen (secondary N) is 2. The molecule has 8 nitrogen and oxygen atoms in total. The van der Waals surface area contributed by atoms with Gasteiger partial charge < -0.3 is 5.32 Å². The van der Waals surface area contributed by atoms with Gasteiger partial charge in [0.05, 0.1) is 5.75 Å².